The number of carbonyl (C=O) groups is 1. The van der Waals surface area contributed by atoms with E-state index in [9.17, 15) is 13.6 Å². The van der Waals surface area contributed by atoms with Gasteiger partial charge in [-0.05, 0) is 24.3 Å². The highest BCUT2D eigenvalue weighted by atomic mass is 19.2. The second kappa shape index (κ2) is 5.00. The number of hydrogen-bond donors (Lipinski definition) is 0. The van der Waals surface area contributed by atoms with Crippen LogP contribution < -0.4 is 0 Å². The lowest BCUT2D eigenvalue weighted by atomic mass is 10.2. The summed E-state index contributed by atoms with van der Waals surface area (Å²) in [5.41, 5.74) is 0.938. The third-order valence-corrected chi connectivity index (χ3v) is 2.51. The number of amides is 1. The molecular weight excluding hydrogens is 240 g/mol. The first-order valence-electron chi connectivity index (χ1n) is 5.29. The number of halogens is 2. The summed E-state index contributed by atoms with van der Waals surface area (Å²) in [7, 11) is 1.58. The van der Waals surface area contributed by atoms with E-state index in [1.807, 2.05) is 0 Å². The minimum Gasteiger partial charge on any atom is -0.472 e. The highest BCUT2D eigenvalue weighted by Crippen LogP contribution is 2.12. The maximum Gasteiger partial charge on any atom is 0.254 e. The Bertz CT molecular complexity index is 552. The molecule has 0 fully saturated rings. The van der Waals surface area contributed by atoms with Crippen molar-refractivity contribution >= 4 is 5.91 Å². The van der Waals surface area contributed by atoms with Crippen LogP contribution >= 0.6 is 0 Å². The molecule has 0 aliphatic heterocycles. The molecule has 0 unspecified atom stereocenters. The predicted octanol–water partition coefficient (Wildman–Crippen LogP) is 2.83. The minimum atomic E-state index is -1.03. The molecule has 1 aromatic carbocycles. The van der Waals surface area contributed by atoms with Crippen LogP contribution in [0.15, 0.2) is 41.2 Å². The lowest BCUT2D eigenvalue weighted by Gasteiger charge is -2.16. The zero-order valence-electron chi connectivity index (χ0n) is 9.69. The summed E-state index contributed by atoms with van der Waals surface area (Å²) in [6, 6.07) is 4.82. The van der Waals surface area contributed by atoms with Gasteiger partial charge in [0.25, 0.3) is 5.91 Å². The molecule has 0 saturated heterocycles. The summed E-state index contributed by atoms with van der Waals surface area (Å²) >= 11 is 0. The third kappa shape index (κ3) is 2.56. The van der Waals surface area contributed by atoms with Crippen LogP contribution in [-0.4, -0.2) is 17.9 Å². The molecule has 0 aliphatic rings. The monoisotopic (exact) mass is 251 g/mol. The van der Waals surface area contributed by atoms with Crippen molar-refractivity contribution in [3.05, 3.63) is 59.6 Å². The van der Waals surface area contributed by atoms with E-state index in [1.54, 1.807) is 13.1 Å². The molecule has 0 bridgehead atoms. The highest BCUT2D eigenvalue weighted by molar-refractivity contribution is 5.94. The molecule has 0 N–H and O–H groups in total. The van der Waals surface area contributed by atoms with Gasteiger partial charge in [-0.2, -0.15) is 0 Å². The predicted molar refractivity (Wildman–Crippen MR) is 60.9 cm³/mol. The third-order valence-electron chi connectivity index (χ3n) is 2.51. The van der Waals surface area contributed by atoms with Gasteiger partial charge in [-0.25, -0.2) is 8.78 Å². The quantitative estimate of drug-likeness (QED) is 0.840. The van der Waals surface area contributed by atoms with Crippen molar-refractivity contribution in [2.45, 2.75) is 6.54 Å². The second-order valence-electron chi connectivity index (χ2n) is 3.92. The molecule has 1 heterocycles. The Labute approximate surface area is 103 Å². The number of furan rings is 1. The average molecular weight is 251 g/mol. The number of nitrogens with zero attached hydrogens (tertiary/aromatic N) is 1. The first-order chi connectivity index (χ1) is 8.58. The standard InChI is InChI=1S/C13H11F2NO2/c1-16(7-9-4-5-18-8-9)13(17)10-2-3-11(14)12(15)6-10/h2-6,8H,7H2,1H3. The SMILES string of the molecule is CN(Cc1ccoc1)C(=O)c1ccc(F)c(F)c1. The van der Waals surface area contributed by atoms with Gasteiger partial charge >= 0.3 is 0 Å². The zero-order chi connectivity index (χ0) is 13.1. The maximum atomic E-state index is 13.0. The normalized spacial score (nSPS) is 10.4. The van der Waals surface area contributed by atoms with Crippen molar-refractivity contribution < 1.29 is 18.0 Å². The summed E-state index contributed by atoms with van der Waals surface area (Å²) in [5, 5.41) is 0. The van der Waals surface area contributed by atoms with Gasteiger partial charge in [0.05, 0.1) is 12.5 Å². The fraction of sp³-hybridized carbons (Fsp3) is 0.154. The van der Waals surface area contributed by atoms with Gasteiger partial charge in [-0.1, -0.05) is 0 Å². The topological polar surface area (TPSA) is 33.5 Å². The molecule has 0 atom stereocenters. The molecule has 0 radical (unpaired) electrons. The van der Waals surface area contributed by atoms with E-state index in [2.05, 4.69) is 0 Å². The van der Waals surface area contributed by atoms with Crippen molar-refractivity contribution in [1.82, 2.24) is 4.90 Å². The molecule has 0 saturated carbocycles. The van der Waals surface area contributed by atoms with Crippen LogP contribution in [0.1, 0.15) is 15.9 Å². The summed E-state index contributed by atoms with van der Waals surface area (Å²) in [4.78, 5) is 13.3. The lowest BCUT2D eigenvalue weighted by molar-refractivity contribution is 0.0784. The summed E-state index contributed by atoms with van der Waals surface area (Å²) in [6.45, 7) is 0.342. The van der Waals surface area contributed by atoms with Gasteiger partial charge in [0, 0.05) is 24.7 Å². The minimum absolute atomic E-state index is 0.111. The Hall–Kier alpha value is -2.17. The molecule has 5 heteroatoms. The Morgan fingerprint density at radius 2 is 2.06 bits per heavy atom. The van der Waals surface area contributed by atoms with E-state index in [-0.39, 0.29) is 11.5 Å². The van der Waals surface area contributed by atoms with Crippen LogP contribution in [0.2, 0.25) is 0 Å². The molecule has 3 nitrogen and oxygen atoms in total. The Balaban J connectivity index is 2.12. The van der Waals surface area contributed by atoms with Crippen molar-refractivity contribution in [1.29, 1.82) is 0 Å². The number of carbonyl (C=O) groups excluding carboxylic acids is 1. The van der Waals surface area contributed by atoms with Crippen LogP contribution in [-0.2, 0) is 6.54 Å². The van der Waals surface area contributed by atoms with Gasteiger partial charge in [-0.3, -0.25) is 4.79 Å². The van der Waals surface area contributed by atoms with E-state index in [0.717, 1.165) is 17.7 Å². The Morgan fingerprint density at radius 3 is 2.67 bits per heavy atom. The Kier molecular flexibility index (Phi) is 3.41. The molecule has 0 spiro atoms. The molecule has 1 aromatic heterocycles. The average Bonchev–Trinajstić information content (AvgIpc) is 2.84. The van der Waals surface area contributed by atoms with Crippen LogP contribution in [0.4, 0.5) is 8.78 Å². The van der Waals surface area contributed by atoms with Crippen LogP contribution in [0.5, 0.6) is 0 Å². The first kappa shape index (κ1) is 12.3. The fourth-order valence-electron chi connectivity index (χ4n) is 1.58. The zero-order valence-corrected chi connectivity index (χ0v) is 9.69. The number of benzene rings is 1. The molecule has 94 valence electrons. The number of rotatable bonds is 3. The largest absolute Gasteiger partial charge is 0.472 e. The maximum absolute atomic E-state index is 13.0. The van der Waals surface area contributed by atoms with E-state index in [1.165, 1.54) is 23.5 Å². The first-order valence-corrected chi connectivity index (χ1v) is 5.29. The fourth-order valence-corrected chi connectivity index (χ4v) is 1.58. The Morgan fingerprint density at radius 1 is 1.28 bits per heavy atom. The summed E-state index contributed by atoms with van der Waals surface area (Å²) < 4.78 is 30.7. The lowest BCUT2D eigenvalue weighted by Crippen LogP contribution is -2.26. The second-order valence-corrected chi connectivity index (χ2v) is 3.92. The van der Waals surface area contributed by atoms with Gasteiger partial charge < -0.3 is 9.32 Å². The van der Waals surface area contributed by atoms with E-state index >= 15 is 0 Å². The molecular formula is C13H11F2NO2. The van der Waals surface area contributed by atoms with Crippen molar-refractivity contribution in [2.75, 3.05) is 7.05 Å². The van der Waals surface area contributed by atoms with Gasteiger partial charge in [0.2, 0.25) is 0 Å². The van der Waals surface area contributed by atoms with Crippen molar-refractivity contribution in [3.63, 3.8) is 0 Å². The van der Waals surface area contributed by atoms with Gasteiger partial charge in [-0.15, -0.1) is 0 Å². The van der Waals surface area contributed by atoms with Crippen molar-refractivity contribution in [2.24, 2.45) is 0 Å². The van der Waals surface area contributed by atoms with E-state index in [0.29, 0.717) is 6.54 Å². The molecule has 18 heavy (non-hydrogen) atoms. The molecule has 2 rings (SSSR count). The molecule has 0 aliphatic carbocycles. The van der Waals surface area contributed by atoms with Crippen LogP contribution in [0.3, 0.4) is 0 Å². The smallest absolute Gasteiger partial charge is 0.254 e. The van der Waals surface area contributed by atoms with Crippen LogP contribution in [0.25, 0.3) is 0 Å². The van der Waals surface area contributed by atoms with Gasteiger partial charge in [0.15, 0.2) is 11.6 Å². The summed E-state index contributed by atoms with van der Waals surface area (Å²) in [6.07, 6.45) is 3.03. The van der Waals surface area contributed by atoms with Crippen molar-refractivity contribution in [3.8, 4) is 0 Å². The molecule has 1 amide bonds. The van der Waals surface area contributed by atoms with E-state index in [4.69, 9.17) is 4.42 Å². The number of hydrogen-bond acceptors (Lipinski definition) is 2. The van der Waals surface area contributed by atoms with Crippen LogP contribution in [0, 0.1) is 11.6 Å². The van der Waals surface area contributed by atoms with E-state index < -0.39 is 11.6 Å². The van der Waals surface area contributed by atoms with Gasteiger partial charge in [0.1, 0.15) is 0 Å². The summed E-state index contributed by atoms with van der Waals surface area (Å²) in [5.74, 6) is -2.38. The highest BCUT2D eigenvalue weighted by Gasteiger charge is 2.14. The molecule has 2 aromatic rings.